The first-order valence-electron chi connectivity index (χ1n) is 6.33. The second-order valence-corrected chi connectivity index (χ2v) is 5.84. The Balaban J connectivity index is 2.35. The van der Waals surface area contributed by atoms with Crippen LogP contribution in [0.5, 0.6) is 0 Å². The van der Waals surface area contributed by atoms with Crippen LogP contribution in [0, 0.1) is 0 Å². The number of carbonyl (C=O) groups is 2. The zero-order chi connectivity index (χ0) is 15.6. The summed E-state index contributed by atoms with van der Waals surface area (Å²) in [5, 5.41) is 2.52. The van der Waals surface area contributed by atoms with Gasteiger partial charge in [-0.15, -0.1) is 0 Å². The van der Waals surface area contributed by atoms with Crippen molar-refractivity contribution in [1.82, 2.24) is 10.2 Å². The summed E-state index contributed by atoms with van der Waals surface area (Å²) >= 11 is 0. The maximum absolute atomic E-state index is 12.6. The number of hydrogen-bond donors (Lipinski definition) is 1. The summed E-state index contributed by atoms with van der Waals surface area (Å²) in [6.07, 6.45) is 2.01. The van der Waals surface area contributed by atoms with Crippen LogP contribution in [0.4, 0.5) is 13.6 Å². The minimum absolute atomic E-state index is 0.435. The molecule has 114 valence electrons. The SMILES string of the molecule is C[C@H](/C=C/C(=O)N1CC(F)(F)C1)NC(=O)OC(C)(C)C. The number of rotatable bonds is 3. The van der Waals surface area contributed by atoms with Gasteiger partial charge in [-0.3, -0.25) is 4.79 Å². The van der Waals surface area contributed by atoms with E-state index < -0.39 is 42.7 Å². The predicted octanol–water partition coefficient (Wildman–Crippen LogP) is 1.93. The monoisotopic (exact) mass is 290 g/mol. The van der Waals surface area contributed by atoms with Crippen molar-refractivity contribution in [2.45, 2.75) is 45.3 Å². The van der Waals surface area contributed by atoms with Crippen molar-refractivity contribution in [2.24, 2.45) is 0 Å². The minimum Gasteiger partial charge on any atom is -0.444 e. The summed E-state index contributed by atoms with van der Waals surface area (Å²) in [6.45, 7) is 5.76. The lowest BCUT2D eigenvalue weighted by molar-refractivity contribution is -0.160. The number of likely N-dealkylation sites (tertiary alicyclic amines) is 1. The molecular weight excluding hydrogens is 270 g/mol. The van der Waals surface area contributed by atoms with Gasteiger partial charge in [0.05, 0.1) is 13.1 Å². The number of nitrogens with one attached hydrogen (secondary N) is 1. The average Bonchev–Trinajstić information content (AvgIpc) is 2.19. The molecular formula is C13H20F2N2O3. The molecule has 1 heterocycles. The molecule has 1 atom stereocenters. The Morgan fingerprint density at radius 3 is 2.35 bits per heavy atom. The van der Waals surface area contributed by atoms with Crippen LogP contribution in [-0.4, -0.2) is 47.6 Å². The molecule has 0 aromatic carbocycles. The number of ether oxygens (including phenoxy) is 1. The van der Waals surface area contributed by atoms with Gasteiger partial charge in [-0.2, -0.15) is 0 Å². The van der Waals surface area contributed by atoms with Gasteiger partial charge in [-0.05, 0) is 27.7 Å². The Kier molecular flexibility index (Phi) is 4.73. The van der Waals surface area contributed by atoms with Crippen LogP contribution < -0.4 is 5.32 Å². The standard InChI is InChI=1S/C13H20F2N2O3/c1-9(16-11(19)20-12(2,3)4)5-6-10(18)17-7-13(14,15)8-17/h5-6,9H,7-8H2,1-4H3,(H,16,19)/b6-5+/t9-/m1/s1. The lowest BCUT2D eigenvalue weighted by atomic mass is 10.1. The first kappa shape index (κ1) is 16.4. The molecule has 1 fully saturated rings. The van der Waals surface area contributed by atoms with E-state index in [-0.39, 0.29) is 0 Å². The molecule has 1 aliphatic rings. The molecule has 0 bridgehead atoms. The van der Waals surface area contributed by atoms with Gasteiger partial charge in [0.1, 0.15) is 5.60 Å². The highest BCUT2D eigenvalue weighted by Crippen LogP contribution is 2.26. The smallest absolute Gasteiger partial charge is 0.408 e. The van der Waals surface area contributed by atoms with Crippen molar-refractivity contribution in [3.05, 3.63) is 12.2 Å². The first-order chi connectivity index (χ1) is 8.98. The van der Waals surface area contributed by atoms with Gasteiger partial charge in [0.15, 0.2) is 0 Å². The van der Waals surface area contributed by atoms with Crippen molar-refractivity contribution in [3.63, 3.8) is 0 Å². The fourth-order valence-corrected chi connectivity index (χ4v) is 1.54. The second-order valence-electron chi connectivity index (χ2n) is 5.84. The van der Waals surface area contributed by atoms with E-state index in [1.165, 1.54) is 12.2 Å². The van der Waals surface area contributed by atoms with E-state index in [1.807, 2.05) is 0 Å². The van der Waals surface area contributed by atoms with Crippen LogP contribution in [0.2, 0.25) is 0 Å². The van der Waals surface area contributed by atoms with Gasteiger partial charge in [0.2, 0.25) is 5.91 Å². The molecule has 0 aromatic heterocycles. The van der Waals surface area contributed by atoms with E-state index in [4.69, 9.17) is 4.74 Å². The van der Waals surface area contributed by atoms with Gasteiger partial charge in [-0.1, -0.05) is 6.08 Å². The highest BCUT2D eigenvalue weighted by molar-refractivity contribution is 5.88. The van der Waals surface area contributed by atoms with Crippen LogP contribution in [0.1, 0.15) is 27.7 Å². The lowest BCUT2D eigenvalue weighted by Crippen LogP contribution is -2.58. The topological polar surface area (TPSA) is 58.6 Å². The maximum atomic E-state index is 12.6. The average molecular weight is 290 g/mol. The molecule has 20 heavy (non-hydrogen) atoms. The summed E-state index contributed by atoms with van der Waals surface area (Å²) < 4.78 is 30.2. The molecule has 0 aromatic rings. The van der Waals surface area contributed by atoms with Crippen molar-refractivity contribution in [2.75, 3.05) is 13.1 Å². The van der Waals surface area contributed by atoms with Crippen LogP contribution in [0.25, 0.3) is 0 Å². The number of alkyl halides is 2. The van der Waals surface area contributed by atoms with E-state index in [0.717, 1.165) is 4.90 Å². The predicted molar refractivity (Wildman–Crippen MR) is 69.5 cm³/mol. The van der Waals surface area contributed by atoms with E-state index in [9.17, 15) is 18.4 Å². The molecule has 1 N–H and O–H groups in total. The third-order valence-corrected chi connectivity index (χ3v) is 2.43. The third-order valence-electron chi connectivity index (χ3n) is 2.43. The van der Waals surface area contributed by atoms with Gasteiger partial charge in [0.25, 0.3) is 5.92 Å². The van der Waals surface area contributed by atoms with E-state index in [0.29, 0.717) is 0 Å². The number of hydrogen-bond acceptors (Lipinski definition) is 3. The van der Waals surface area contributed by atoms with E-state index in [2.05, 4.69) is 5.32 Å². The molecule has 0 radical (unpaired) electrons. The summed E-state index contributed by atoms with van der Waals surface area (Å²) in [6, 6.07) is -0.435. The molecule has 1 aliphatic heterocycles. The summed E-state index contributed by atoms with van der Waals surface area (Å²) in [7, 11) is 0. The maximum Gasteiger partial charge on any atom is 0.408 e. The quantitative estimate of drug-likeness (QED) is 0.808. The lowest BCUT2D eigenvalue weighted by Gasteiger charge is -2.38. The molecule has 0 saturated carbocycles. The molecule has 0 unspecified atom stereocenters. The molecule has 1 saturated heterocycles. The zero-order valence-electron chi connectivity index (χ0n) is 12.1. The van der Waals surface area contributed by atoms with E-state index in [1.54, 1.807) is 27.7 Å². The fourth-order valence-electron chi connectivity index (χ4n) is 1.54. The van der Waals surface area contributed by atoms with Crippen molar-refractivity contribution >= 4 is 12.0 Å². The Labute approximate surface area is 117 Å². The molecule has 5 nitrogen and oxygen atoms in total. The molecule has 7 heteroatoms. The molecule has 0 aliphatic carbocycles. The first-order valence-corrected chi connectivity index (χ1v) is 6.33. The van der Waals surface area contributed by atoms with Gasteiger partial charge >= 0.3 is 6.09 Å². The summed E-state index contributed by atoms with van der Waals surface area (Å²) in [5.74, 6) is -3.27. The Morgan fingerprint density at radius 1 is 1.35 bits per heavy atom. The Morgan fingerprint density at radius 2 is 1.90 bits per heavy atom. The highest BCUT2D eigenvalue weighted by Gasteiger charge is 2.45. The Hall–Kier alpha value is -1.66. The number of alkyl carbamates (subject to hydrolysis) is 1. The van der Waals surface area contributed by atoms with Crippen LogP contribution in [0.3, 0.4) is 0 Å². The largest absolute Gasteiger partial charge is 0.444 e. The molecule has 1 rings (SSSR count). The minimum atomic E-state index is -2.77. The van der Waals surface area contributed by atoms with Crippen LogP contribution in [-0.2, 0) is 9.53 Å². The molecule has 2 amide bonds. The van der Waals surface area contributed by atoms with Gasteiger partial charge in [0, 0.05) is 12.1 Å². The number of halogens is 2. The van der Waals surface area contributed by atoms with Crippen LogP contribution >= 0.6 is 0 Å². The van der Waals surface area contributed by atoms with Crippen molar-refractivity contribution in [3.8, 4) is 0 Å². The number of carbonyl (C=O) groups excluding carboxylic acids is 2. The zero-order valence-corrected chi connectivity index (χ0v) is 12.1. The Bertz CT molecular complexity index is 408. The fraction of sp³-hybridized carbons (Fsp3) is 0.692. The normalized spacial score (nSPS) is 19.4. The highest BCUT2D eigenvalue weighted by atomic mass is 19.3. The molecule has 0 spiro atoms. The number of amides is 2. The number of nitrogens with zero attached hydrogens (tertiary/aromatic N) is 1. The van der Waals surface area contributed by atoms with Gasteiger partial charge in [-0.25, -0.2) is 13.6 Å². The summed E-state index contributed by atoms with van der Waals surface area (Å²) in [4.78, 5) is 24.0. The summed E-state index contributed by atoms with van der Waals surface area (Å²) in [5.41, 5.74) is -0.605. The second kappa shape index (κ2) is 5.76. The van der Waals surface area contributed by atoms with Crippen molar-refractivity contribution in [1.29, 1.82) is 0 Å². The van der Waals surface area contributed by atoms with E-state index >= 15 is 0 Å². The third kappa shape index (κ3) is 5.54. The van der Waals surface area contributed by atoms with Gasteiger partial charge < -0.3 is 15.0 Å². The van der Waals surface area contributed by atoms with Crippen molar-refractivity contribution < 1.29 is 23.1 Å². The van der Waals surface area contributed by atoms with Crippen LogP contribution in [0.15, 0.2) is 12.2 Å².